The van der Waals surface area contributed by atoms with Crippen molar-refractivity contribution in [2.24, 2.45) is 0 Å². The maximum atomic E-state index is 11.2. The molecule has 1 aliphatic carbocycles. The van der Waals surface area contributed by atoms with Crippen LogP contribution in [0.1, 0.15) is 25.7 Å². The van der Waals surface area contributed by atoms with Crippen molar-refractivity contribution in [3.63, 3.8) is 0 Å². The molecule has 11 heavy (non-hydrogen) atoms. The highest BCUT2D eigenvalue weighted by molar-refractivity contribution is 5.79. The number of methoxy groups -OCH3 is 2. The Morgan fingerprint density at radius 1 is 1.27 bits per heavy atom. The normalized spacial score (nSPS) is 21.6. The van der Waals surface area contributed by atoms with Crippen LogP contribution in [0.5, 0.6) is 0 Å². The van der Waals surface area contributed by atoms with Crippen LogP contribution in [0, 0.1) is 0 Å². The van der Waals surface area contributed by atoms with Crippen LogP contribution in [0.25, 0.3) is 0 Å². The van der Waals surface area contributed by atoms with Crippen molar-refractivity contribution in [1.82, 2.24) is 0 Å². The number of ether oxygens (including phenoxy) is 2. The van der Waals surface area contributed by atoms with Gasteiger partial charge in [-0.15, -0.1) is 0 Å². The van der Waals surface area contributed by atoms with Crippen LogP contribution in [0.4, 0.5) is 0 Å². The van der Waals surface area contributed by atoms with E-state index in [0.29, 0.717) is 0 Å². The molecule has 0 unspecified atom stereocenters. The second-order valence-corrected chi connectivity index (χ2v) is 2.90. The van der Waals surface area contributed by atoms with E-state index < -0.39 is 5.60 Å². The van der Waals surface area contributed by atoms with Gasteiger partial charge in [0.1, 0.15) is 0 Å². The summed E-state index contributed by atoms with van der Waals surface area (Å²) < 4.78 is 9.84. The lowest BCUT2D eigenvalue weighted by Crippen LogP contribution is -2.38. The Morgan fingerprint density at radius 3 is 2.18 bits per heavy atom. The predicted octanol–water partition coefficient (Wildman–Crippen LogP) is 1.12. The molecule has 1 saturated carbocycles. The van der Waals surface area contributed by atoms with E-state index >= 15 is 0 Å². The first kappa shape index (κ1) is 8.53. The molecule has 3 heteroatoms. The predicted molar refractivity (Wildman–Crippen MR) is 40.2 cm³/mol. The maximum absolute atomic E-state index is 11.2. The number of carbonyl (C=O) groups is 1. The Bertz CT molecular complexity index is 147. The van der Waals surface area contributed by atoms with E-state index in [1.54, 1.807) is 7.11 Å². The molecule has 0 spiro atoms. The van der Waals surface area contributed by atoms with E-state index in [1.165, 1.54) is 7.11 Å². The minimum atomic E-state index is -0.616. The van der Waals surface area contributed by atoms with Gasteiger partial charge in [-0.2, -0.15) is 0 Å². The number of hydrogen-bond donors (Lipinski definition) is 0. The molecular formula is C8H14O3. The van der Waals surface area contributed by atoms with Gasteiger partial charge < -0.3 is 9.47 Å². The molecule has 3 nitrogen and oxygen atoms in total. The summed E-state index contributed by atoms with van der Waals surface area (Å²) in [6, 6.07) is 0. The lowest BCUT2D eigenvalue weighted by molar-refractivity contribution is -0.165. The third-order valence-electron chi connectivity index (χ3n) is 2.36. The fourth-order valence-electron chi connectivity index (χ4n) is 1.62. The molecule has 1 fully saturated rings. The Kier molecular flexibility index (Phi) is 2.49. The van der Waals surface area contributed by atoms with E-state index in [2.05, 4.69) is 4.74 Å². The van der Waals surface area contributed by atoms with Gasteiger partial charge in [0.2, 0.25) is 0 Å². The van der Waals surface area contributed by atoms with Gasteiger partial charge in [-0.1, -0.05) is 0 Å². The van der Waals surface area contributed by atoms with Crippen LogP contribution in [0.15, 0.2) is 0 Å². The monoisotopic (exact) mass is 158 g/mol. The molecule has 0 heterocycles. The van der Waals surface area contributed by atoms with Gasteiger partial charge in [-0.25, -0.2) is 4.79 Å². The lowest BCUT2D eigenvalue weighted by Gasteiger charge is -2.23. The average Bonchev–Trinajstić information content (AvgIpc) is 2.52. The number of carbonyl (C=O) groups excluding carboxylic acids is 1. The Balaban J connectivity index is 2.66. The maximum Gasteiger partial charge on any atom is 0.338 e. The lowest BCUT2D eigenvalue weighted by atomic mass is 10.0. The molecule has 0 aliphatic heterocycles. The van der Waals surface area contributed by atoms with Gasteiger partial charge >= 0.3 is 5.97 Å². The van der Waals surface area contributed by atoms with Crippen molar-refractivity contribution in [2.75, 3.05) is 14.2 Å². The van der Waals surface area contributed by atoms with Gasteiger partial charge in [-0.3, -0.25) is 0 Å². The molecule has 0 aromatic carbocycles. The number of esters is 1. The molecule has 0 atom stereocenters. The van der Waals surface area contributed by atoms with Gasteiger partial charge in [0, 0.05) is 7.11 Å². The second kappa shape index (κ2) is 3.22. The fraction of sp³-hybridized carbons (Fsp3) is 0.875. The molecule has 1 rings (SSSR count). The Morgan fingerprint density at radius 2 is 1.82 bits per heavy atom. The van der Waals surface area contributed by atoms with Crippen LogP contribution in [-0.2, 0) is 14.3 Å². The highest BCUT2D eigenvalue weighted by atomic mass is 16.6. The van der Waals surface area contributed by atoms with Crippen molar-refractivity contribution in [3.8, 4) is 0 Å². The highest BCUT2D eigenvalue weighted by Gasteiger charge is 2.42. The van der Waals surface area contributed by atoms with Crippen LogP contribution in [0.2, 0.25) is 0 Å². The van der Waals surface area contributed by atoms with Gasteiger partial charge in [0.05, 0.1) is 7.11 Å². The Labute approximate surface area is 66.7 Å². The van der Waals surface area contributed by atoms with Crippen molar-refractivity contribution in [3.05, 3.63) is 0 Å². The summed E-state index contributed by atoms with van der Waals surface area (Å²) in [6.07, 6.45) is 3.72. The fourth-order valence-corrected chi connectivity index (χ4v) is 1.62. The molecule has 0 aromatic rings. The molecular weight excluding hydrogens is 144 g/mol. The summed E-state index contributed by atoms with van der Waals surface area (Å²) in [7, 11) is 2.98. The largest absolute Gasteiger partial charge is 0.467 e. The average molecular weight is 158 g/mol. The first-order valence-electron chi connectivity index (χ1n) is 3.89. The van der Waals surface area contributed by atoms with E-state index in [0.717, 1.165) is 25.7 Å². The van der Waals surface area contributed by atoms with Crippen molar-refractivity contribution in [2.45, 2.75) is 31.3 Å². The summed E-state index contributed by atoms with van der Waals surface area (Å²) in [6.45, 7) is 0. The van der Waals surface area contributed by atoms with E-state index in [4.69, 9.17) is 4.74 Å². The standard InChI is InChI=1S/C8H14O3/c1-10-7(9)8(11-2)5-3-4-6-8/h3-6H2,1-2H3. The highest BCUT2D eigenvalue weighted by Crippen LogP contribution is 2.33. The quantitative estimate of drug-likeness (QED) is 0.565. The van der Waals surface area contributed by atoms with Gasteiger partial charge in [0.25, 0.3) is 0 Å². The summed E-state index contributed by atoms with van der Waals surface area (Å²) in [5, 5.41) is 0. The van der Waals surface area contributed by atoms with Crippen molar-refractivity contribution < 1.29 is 14.3 Å². The zero-order valence-electron chi connectivity index (χ0n) is 7.05. The molecule has 64 valence electrons. The summed E-state index contributed by atoms with van der Waals surface area (Å²) >= 11 is 0. The van der Waals surface area contributed by atoms with Gasteiger partial charge in [0.15, 0.2) is 5.60 Å². The summed E-state index contributed by atoms with van der Waals surface area (Å²) in [4.78, 5) is 11.2. The van der Waals surface area contributed by atoms with Crippen LogP contribution in [-0.4, -0.2) is 25.8 Å². The number of rotatable bonds is 2. The second-order valence-electron chi connectivity index (χ2n) is 2.90. The van der Waals surface area contributed by atoms with Crippen LogP contribution in [0.3, 0.4) is 0 Å². The molecule has 0 amide bonds. The first-order chi connectivity index (χ1) is 5.25. The van der Waals surface area contributed by atoms with E-state index in [-0.39, 0.29) is 5.97 Å². The zero-order valence-corrected chi connectivity index (χ0v) is 7.05. The SMILES string of the molecule is COC(=O)C1(OC)CCCC1. The summed E-state index contributed by atoms with van der Waals surface area (Å²) in [5.74, 6) is -0.225. The van der Waals surface area contributed by atoms with Crippen LogP contribution < -0.4 is 0 Å². The smallest absolute Gasteiger partial charge is 0.338 e. The minimum absolute atomic E-state index is 0.225. The van der Waals surface area contributed by atoms with Gasteiger partial charge in [-0.05, 0) is 25.7 Å². The third kappa shape index (κ3) is 1.38. The van der Waals surface area contributed by atoms with E-state index in [1.807, 2.05) is 0 Å². The molecule has 0 saturated heterocycles. The van der Waals surface area contributed by atoms with Crippen molar-refractivity contribution >= 4 is 5.97 Å². The first-order valence-corrected chi connectivity index (χ1v) is 3.89. The Hall–Kier alpha value is -0.570. The van der Waals surface area contributed by atoms with Crippen molar-refractivity contribution in [1.29, 1.82) is 0 Å². The summed E-state index contributed by atoms with van der Waals surface area (Å²) in [5.41, 5.74) is -0.616. The molecule has 0 N–H and O–H groups in total. The molecule has 1 aliphatic rings. The topological polar surface area (TPSA) is 35.5 Å². The zero-order chi connectivity index (χ0) is 8.32. The number of hydrogen-bond acceptors (Lipinski definition) is 3. The minimum Gasteiger partial charge on any atom is -0.467 e. The molecule has 0 radical (unpaired) electrons. The van der Waals surface area contributed by atoms with E-state index in [9.17, 15) is 4.79 Å². The molecule has 0 bridgehead atoms. The third-order valence-corrected chi connectivity index (χ3v) is 2.36. The van der Waals surface area contributed by atoms with Crippen LogP contribution >= 0.6 is 0 Å². The molecule has 0 aromatic heterocycles.